The molecule has 0 saturated carbocycles. The predicted octanol–water partition coefficient (Wildman–Crippen LogP) is 3.05. The van der Waals surface area contributed by atoms with E-state index in [2.05, 4.69) is 15.8 Å². The van der Waals surface area contributed by atoms with Crippen LogP contribution in [0.25, 0.3) is 0 Å². The van der Waals surface area contributed by atoms with Crippen LogP contribution < -0.4 is 25.0 Å². The van der Waals surface area contributed by atoms with Gasteiger partial charge in [0.1, 0.15) is 5.75 Å². The summed E-state index contributed by atoms with van der Waals surface area (Å²) in [6.07, 6.45) is 0.649. The van der Waals surface area contributed by atoms with E-state index < -0.39 is 0 Å². The van der Waals surface area contributed by atoms with Gasteiger partial charge in [0.15, 0.2) is 11.5 Å². The fraction of sp³-hybridized carbons (Fsp3) is 0.300. The maximum Gasteiger partial charge on any atom is 0.259 e. The number of hydrazone groups is 1. The molecule has 0 heterocycles. The monoisotopic (exact) mass is 371 g/mol. The zero-order chi connectivity index (χ0) is 19.6. The van der Waals surface area contributed by atoms with Crippen LogP contribution in [0.5, 0.6) is 17.2 Å². The Morgan fingerprint density at radius 1 is 0.963 bits per heavy atom. The Labute approximate surface area is 159 Å². The molecular formula is C20H25N3O4. The highest BCUT2D eigenvalue weighted by molar-refractivity contribution is 6.01. The normalized spacial score (nSPS) is 10.9. The molecule has 7 heteroatoms. The number of rotatable bonds is 9. The molecule has 2 rings (SSSR count). The average Bonchev–Trinajstić information content (AvgIpc) is 2.72. The SMILES string of the molecule is CC/C(=N\NC(=O)CNc1ccccc1OC)c1ccc(OC)c(OC)c1. The summed E-state index contributed by atoms with van der Waals surface area (Å²) in [6.45, 7) is 2.04. The fourth-order valence-corrected chi connectivity index (χ4v) is 2.50. The van der Waals surface area contributed by atoms with Crippen LogP contribution in [0.15, 0.2) is 47.6 Å². The van der Waals surface area contributed by atoms with Gasteiger partial charge in [0.2, 0.25) is 0 Å². The van der Waals surface area contributed by atoms with Crippen LogP contribution in [0, 0.1) is 0 Å². The van der Waals surface area contributed by atoms with Crippen molar-refractivity contribution in [3.05, 3.63) is 48.0 Å². The second kappa shape index (κ2) is 10.1. The molecule has 7 nitrogen and oxygen atoms in total. The molecule has 0 atom stereocenters. The highest BCUT2D eigenvalue weighted by atomic mass is 16.5. The van der Waals surface area contributed by atoms with Crippen LogP contribution in [0.1, 0.15) is 18.9 Å². The van der Waals surface area contributed by atoms with Crippen LogP contribution in [0.2, 0.25) is 0 Å². The number of ether oxygens (including phenoxy) is 3. The largest absolute Gasteiger partial charge is 0.495 e. The number of benzene rings is 2. The molecule has 2 aromatic rings. The standard InChI is InChI=1S/C20H25N3O4/c1-5-15(14-10-11-18(26-3)19(12-14)27-4)22-23-20(24)13-21-16-8-6-7-9-17(16)25-2/h6-12,21H,5,13H2,1-4H3,(H,23,24)/b22-15+. The molecule has 27 heavy (non-hydrogen) atoms. The first-order valence-corrected chi connectivity index (χ1v) is 8.57. The minimum Gasteiger partial charge on any atom is -0.495 e. The van der Waals surface area contributed by atoms with Crippen molar-refractivity contribution in [3.63, 3.8) is 0 Å². The van der Waals surface area contributed by atoms with Gasteiger partial charge in [-0.3, -0.25) is 4.79 Å². The van der Waals surface area contributed by atoms with Crippen molar-refractivity contribution in [3.8, 4) is 17.2 Å². The van der Waals surface area contributed by atoms with Crippen molar-refractivity contribution in [2.75, 3.05) is 33.2 Å². The number of carbonyl (C=O) groups is 1. The number of carbonyl (C=O) groups excluding carboxylic acids is 1. The van der Waals surface area contributed by atoms with Gasteiger partial charge >= 0.3 is 0 Å². The van der Waals surface area contributed by atoms with Gasteiger partial charge in [-0.05, 0) is 36.8 Å². The van der Waals surface area contributed by atoms with Gasteiger partial charge in [-0.2, -0.15) is 5.10 Å². The lowest BCUT2D eigenvalue weighted by Gasteiger charge is -2.11. The molecule has 0 unspecified atom stereocenters. The number of amides is 1. The van der Waals surface area contributed by atoms with Crippen LogP contribution >= 0.6 is 0 Å². The van der Waals surface area contributed by atoms with Gasteiger partial charge in [0, 0.05) is 5.56 Å². The minimum atomic E-state index is -0.257. The van der Waals surface area contributed by atoms with E-state index in [1.807, 2.05) is 49.4 Å². The van der Waals surface area contributed by atoms with Crippen LogP contribution in [0.4, 0.5) is 5.69 Å². The second-order valence-corrected chi connectivity index (χ2v) is 5.57. The van der Waals surface area contributed by atoms with Crippen LogP contribution in [0.3, 0.4) is 0 Å². The Balaban J connectivity index is 2.02. The van der Waals surface area contributed by atoms with E-state index in [-0.39, 0.29) is 12.5 Å². The molecule has 0 saturated heterocycles. The average molecular weight is 371 g/mol. The molecular weight excluding hydrogens is 346 g/mol. The lowest BCUT2D eigenvalue weighted by Crippen LogP contribution is -2.27. The van der Waals surface area contributed by atoms with Gasteiger partial charge in [0.25, 0.3) is 5.91 Å². The van der Waals surface area contributed by atoms with Crippen LogP contribution in [-0.4, -0.2) is 39.5 Å². The Morgan fingerprint density at radius 2 is 1.67 bits per heavy atom. The van der Waals surface area contributed by atoms with E-state index in [1.54, 1.807) is 21.3 Å². The number of nitrogens with zero attached hydrogens (tertiary/aromatic N) is 1. The van der Waals surface area contributed by atoms with E-state index in [9.17, 15) is 4.79 Å². The maximum atomic E-state index is 12.1. The van der Waals surface area contributed by atoms with Gasteiger partial charge in [-0.1, -0.05) is 19.1 Å². The summed E-state index contributed by atoms with van der Waals surface area (Å²) in [6, 6.07) is 12.9. The van der Waals surface area contributed by atoms with E-state index in [4.69, 9.17) is 14.2 Å². The van der Waals surface area contributed by atoms with Crippen molar-refractivity contribution >= 4 is 17.3 Å². The summed E-state index contributed by atoms with van der Waals surface area (Å²) < 4.78 is 15.8. The predicted molar refractivity (Wildman–Crippen MR) is 106 cm³/mol. The number of anilines is 1. The van der Waals surface area contributed by atoms with Crippen molar-refractivity contribution in [1.29, 1.82) is 0 Å². The minimum absolute atomic E-state index is 0.0762. The molecule has 144 valence electrons. The number of methoxy groups -OCH3 is 3. The first-order chi connectivity index (χ1) is 13.1. The number of hydrogen-bond acceptors (Lipinski definition) is 6. The lowest BCUT2D eigenvalue weighted by atomic mass is 10.1. The number of nitrogens with one attached hydrogen (secondary N) is 2. The lowest BCUT2D eigenvalue weighted by molar-refractivity contribution is -0.119. The molecule has 0 fully saturated rings. The molecule has 0 aliphatic carbocycles. The number of para-hydroxylation sites is 2. The van der Waals surface area contributed by atoms with Crippen molar-refractivity contribution in [2.45, 2.75) is 13.3 Å². The van der Waals surface area contributed by atoms with E-state index in [0.29, 0.717) is 23.7 Å². The Hall–Kier alpha value is -3.22. The summed E-state index contributed by atoms with van der Waals surface area (Å²) in [5.74, 6) is 1.67. The third-order valence-corrected chi connectivity index (χ3v) is 3.91. The van der Waals surface area contributed by atoms with E-state index >= 15 is 0 Å². The van der Waals surface area contributed by atoms with Gasteiger partial charge in [0.05, 0.1) is 39.3 Å². The maximum absolute atomic E-state index is 12.1. The van der Waals surface area contributed by atoms with Crippen LogP contribution in [-0.2, 0) is 4.79 Å². The summed E-state index contributed by atoms with van der Waals surface area (Å²) in [5.41, 5.74) is 4.92. The molecule has 2 N–H and O–H groups in total. The third-order valence-electron chi connectivity index (χ3n) is 3.91. The Morgan fingerprint density at radius 3 is 2.33 bits per heavy atom. The second-order valence-electron chi connectivity index (χ2n) is 5.57. The van der Waals surface area contributed by atoms with Crippen molar-refractivity contribution in [2.24, 2.45) is 5.10 Å². The quantitative estimate of drug-likeness (QED) is 0.523. The topological polar surface area (TPSA) is 81.2 Å². The van der Waals surface area contributed by atoms with E-state index in [1.165, 1.54) is 0 Å². The summed E-state index contributed by atoms with van der Waals surface area (Å²) in [5, 5.41) is 7.28. The third kappa shape index (κ3) is 5.37. The molecule has 1 amide bonds. The molecule has 0 radical (unpaired) electrons. The van der Waals surface area contributed by atoms with Crippen molar-refractivity contribution < 1.29 is 19.0 Å². The van der Waals surface area contributed by atoms with Gasteiger partial charge in [-0.15, -0.1) is 0 Å². The molecule has 2 aromatic carbocycles. The Kier molecular flexibility index (Phi) is 7.49. The van der Waals surface area contributed by atoms with Gasteiger partial charge in [-0.25, -0.2) is 5.43 Å². The smallest absolute Gasteiger partial charge is 0.259 e. The molecule has 0 bridgehead atoms. The van der Waals surface area contributed by atoms with Gasteiger partial charge < -0.3 is 19.5 Å². The zero-order valence-electron chi connectivity index (χ0n) is 16.0. The zero-order valence-corrected chi connectivity index (χ0v) is 16.0. The fourth-order valence-electron chi connectivity index (χ4n) is 2.50. The first-order valence-electron chi connectivity index (χ1n) is 8.57. The van der Waals surface area contributed by atoms with E-state index in [0.717, 1.165) is 17.0 Å². The first kappa shape index (κ1) is 20.1. The molecule has 0 spiro atoms. The summed E-state index contributed by atoms with van der Waals surface area (Å²) >= 11 is 0. The highest BCUT2D eigenvalue weighted by Crippen LogP contribution is 2.28. The number of hydrogen-bond donors (Lipinski definition) is 2. The highest BCUT2D eigenvalue weighted by Gasteiger charge is 2.09. The molecule has 0 aromatic heterocycles. The van der Waals surface area contributed by atoms with Crippen molar-refractivity contribution in [1.82, 2.24) is 5.43 Å². The summed E-state index contributed by atoms with van der Waals surface area (Å²) in [7, 11) is 4.75. The molecule has 0 aliphatic heterocycles. The Bertz CT molecular complexity index is 806. The molecule has 0 aliphatic rings. The summed E-state index contributed by atoms with van der Waals surface area (Å²) in [4.78, 5) is 12.1.